The van der Waals surface area contributed by atoms with Crippen LogP contribution in [0.2, 0.25) is 0 Å². The van der Waals surface area contributed by atoms with Crippen molar-refractivity contribution in [3.8, 4) is 0 Å². The van der Waals surface area contributed by atoms with Crippen LogP contribution in [-0.2, 0) is 22.2 Å². The quantitative estimate of drug-likeness (QED) is 0.487. The number of anilines is 1. The lowest BCUT2D eigenvalue weighted by Gasteiger charge is -2.42. The fourth-order valence-corrected chi connectivity index (χ4v) is 6.69. The first-order valence-electron chi connectivity index (χ1n) is 14.4. The molecule has 0 aromatic heterocycles. The number of nitrogens with zero attached hydrogens (tertiary/aromatic N) is 3. The molecule has 4 amide bonds. The number of rotatable bonds is 7. The summed E-state index contributed by atoms with van der Waals surface area (Å²) in [5.74, 6) is -1.24. The minimum atomic E-state index is -4.83. The molecule has 2 heterocycles. The Balaban J connectivity index is 1.79. The van der Waals surface area contributed by atoms with Crippen molar-refractivity contribution in [2.45, 2.75) is 90.4 Å². The van der Waals surface area contributed by atoms with E-state index in [0.29, 0.717) is 37.8 Å². The van der Waals surface area contributed by atoms with Crippen molar-refractivity contribution in [2.24, 2.45) is 5.41 Å². The zero-order chi connectivity index (χ0) is 30.1. The molecule has 41 heavy (non-hydrogen) atoms. The summed E-state index contributed by atoms with van der Waals surface area (Å²) in [6.07, 6.45) is -1.82. The number of hydrogen-bond acceptors (Lipinski definition) is 4. The first kappa shape index (κ1) is 30.6. The van der Waals surface area contributed by atoms with Crippen LogP contribution in [0.3, 0.4) is 0 Å². The van der Waals surface area contributed by atoms with Gasteiger partial charge in [-0.3, -0.25) is 14.4 Å². The molecule has 2 N–H and O–H groups in total. The predicted molar refractivity (Wildman–Crippen MR) is 146 cm³/mol. The van der Waals surface area contributed by atoms with Gasteiger partial charge in [-0.15, -0.1) is 0 Å². The van der Waals surface area contributed by atoms with Gasteiger partial charge in [0.1, 0.15) is 0 Å². The van der Waals surface area contributed by atoms with Crippen LogP contribution >= 0.6 is 0 Å². The highest BCUT2D eigenvalue weighted by Crippen LogP contribution is 2.49. The topological polar surface area (TPSA) is 110 Å². The molecule has 2 aliphatic heterocycles. The summed E-state index contributed by atoms with van der Waals surface area (Å²) in [7, 11) is 0. The van der Waals surface area contributed by atoms with E-state index in [2.05, 4.69) is 5.32 Å². The maximum absolute atomic E-state index is 14.5. The molecule has 3 aliphatic rings. The number of carbonyl (C=O) groups excluding carboxylic acids is 3. The minimum absolute atomic E-state index is 0.00972. The fraction of sp³-hybridized carbons (Fsp3) is 0.655. The van der Waals surface area contributed by atoms with Crippen LogP contribution < -0.4 is 10.2 Å². The van der Waals surface area contributed by atoms with Gasteiger partial charge in [0.15, 0.2) is 0 Å². The van der Waals surface area contributed by atoms with Crippen LogP contribution in [0.25, 0.3) is 0 Å². The maximum Gasteiger partial charge on any atom is 0.417 e. The van der Waals surface area contributed by atoms with Gasteiger partial charge in [-0.2, -0.15) is 13.2 Å². The lowest BCUT2D eigenvalue weighted by Crippen LogP contribution is -2.54. The number of fused-ring (bicyclic) bond motifs is 1. The SMILES string of the molecule is CCC(=O)NCCN1C(=O)C2(CCCC2)Cc2cc(C(F)(F)F)c(C(=O)N(C(C)C)[C@@H]3CCCN(C(=O)O)C3)cc21. The first-order chi connectivity index (χ1) is 19.3. The van der Waals surface area contributed by atoms with Crippen molar-refractivity contribution in [2.75, 3.05) is 31.1 Å². The summed E-state index contributed by atoms with van der Waals surface area (Å²) in [6, 6.07) is 1.13. The maximum atomic E-state index is 14.5. The lowest BCUT2D eigenvalue weighted by molar-refractivity contribution is -0.138. The van der Waals surface area contributed by atoms with Crippen molar-refractivity contribution >= 4 is 29.5 Å². The first-order valence-corrected chi connectivity index (χ1v) is 14.4. The Labute approximate surface area is 238 Å². The Morgan fingerprint density at radius 2 is 1.85 bits per heavy atom. The molecule has 9 nitrogen and oxygen atoms in total. The third kappa shape index (κ3) is 6.16. The molecule has 0 unspecified atom stereocenters. The van der Waals surface area contributed by atoms with Crippen LogP contribution in [0.4, 0.5) is 23.7 Å². The van der Waals surface area contributed by atoms with Crippen LogP contribution in [0, 0.1) is 5.41 Å². The predicted octanol–water partition coefficient (Wildman–Crippen LogP) is 4.67. The molecular weight excluding hydrogens is 541 g/mol. The second kappa shape index (κ2) is 11.9. The number of hydrogen-bond donors (Lipinski definition) is 2. The van der Waals surface area contributed by atoms with E-state index in [1.54, 1.807) is 20.8 Å². The number of benzene rings is 1. The molecule has 0 radical (unpaired) electrons. The minimum Gasteiger partial charge on any atom is -0.465 e. The third-order valence-electron chi connectivity index (χ3n) is 8.66. The van der Waals surface area contributed by atoms with Gasteiger partial charge in [-0.25, -0.2) is 4.79 Å². The van der Waals surface area contributed by atoms with Gasteiger partial charge < -0.3 is 25.1 Å². The lowest BCUT2D eigenvalue weighted by atomic mass is 9.74. The number of carbonyl (C=O) groups is 4. The van der Waals surface area contributed by atoms with Crippen molar-refractivity contribution in [1.29, 1.82) is 0 Å². The van der Waals surface area contributed by atoms with Gasteiger partial charge in [-0.1, -0.05) is 19.8 Å². The van der Waals surface area contributed by atoms with Crippen molar-refractivity contribution in [1.82, 2.24) is 15.1 Å². The molecule has 1 aromatic rings. The van der Waals surface area contributed by atoms with Crippen LogP contribution in [0.5, 0.6) is 0 Å². The van der Waals surface area contributed by atoms with E-state index in [4.69, 9.17) is 0 Å². The average Bonchev–Trinajstić information content (AvgIpc) is 3.38. The largest absolute Gasteiger partial charge is 0.465 e. The zero-order valence-electron chi connectivity index (χ0n) is 23.9. The molecule has 12 heteroatoms. The van der Waals surface area contributed by atoms with Crippen LogP contribution in [0.1, 0.15) is 87.2 Å². The van der Waals surface area contributed by atoms with Crippen LogP contribution in [0.15, 0.2) is 12.1 Å². The van der Waals surface area contributed by atoms with Crippen LogP contribution in [-0.4, -0.2) is 77.0 Å². The second-order valence-electron chi connectivity index (χ2n) is 11.7. The molecule has 1 aliphatic carbocycles. The molecule has 1 atom stereocenters. The van der Waals surface area contributed by atoms with E-state index in [0.717, 1.165) is 18.9 Å². The van der Waals surface area contributed by atoms with Crippen molar-refractivity contribution in [3.05, 3.63) is 28.8 Å². The molecular formula is C29H39F3N4O5. The third-order valence-corrected chi connectivity index (χ3v) is 8.66. The molecule has 1 aromatic carbocycles. The molecule has 1 saturated heterocycles. The Hall–Kier alpha value is -3.31. The number of amides is 4. The number of piperidine rings is 1. The molecule has 2 fully saturated rings. The van der Waals surface area contributed by atoms with E-state index < -0.39 is 46.8 Å². The molecule has 226 valence electrons. The van der Waals surface area contributed by atoms with E-state index >= 15 is 0 Å². The van der Waals surface area contributed by atoms with E-state index in [9.17, 15) is 37.5 Å². The van der Waals surface area contributed by atoms with Gasteiger partial charge in [0.05, 0.1) is 22.6 Å². The number of nitrogens with one attached hydrogen (secondary N) is 1. The Kier molecular flexibility index (Phi) is 8.89. The number of likely N-dealkylation sites (tertiary alicyclic amines) is 1. The molecule has 1 saturated carbocycles. The number of carboxylic acid groups (broad SMARTS) is 1. The van der Waals surface area contributed by atoms with Gasteiger partial charge in [0.25, 0.3) is 5.91 Å². The summed E-state index contributed by atoms with van der Waals surface area (Å²) in [5, 5.41) is 12.2. The summed E-state index contributed by atoms with van der Waals surface area (Å²) < 4.78 is 43.6. The van der Waals surface area contributed by atoms with Crippen molar-refractivity contribution in [3.63, 3.8) is 0 Å². The highest BCUT2D eigenvalue weighted by molar-refractivity contribution is 6.04. The van der Waals surface area contributed by atoms with Gasteiger partial charge in [-0.05, 0) is 63.6 Å². The van der Waals surface area contributed by atoms with E-state index in [1.165, 1.54) is 20.8 Å². The number of halogens is 3. The fourth-order valence-electron chi connectivity index (χ4n) is 6.69. The van der Waals surface area contributed by atoms with E-state index in [-0.39, 0.29) is 50.0 Å². The summed E-state index contributed by atoms with van der Waals surface area (Å²) in [4.78, 5) is 55.3. The summed E-state index contributed by atoms with van der Waals surface area (Å²) in [5.41, 5.74) is -1.78. The van der Waals surface area contributed by atoms with E-state index in [1.807, 2.05) is 0 Å². The van der Waals surface area contributed by atoms with Crippen molar-refractivity contribution < 1.29 is 37.5 Å². The average molecular weight is 581 g/mol. The second-order valence-corrected chi connectivity index (χ2v) is 11.7. The standard InChI is InChI=1S/C29H39F3N4O5/c1-4-24(37)33-11-13-35-23-15-21(25(38)36(18(2)3)20-8-7-12-34(17-20)27(40)41)22(29(30,31)32)14-19(23)16-28(26(35)39)9-5-6-10-28/h14-15,18,20H,4-13,16-17H2,1-3H3,(H,33,37)(H,40,41)/t20-/m1/s1. The Morgan fingerprint density at radius 1 is 1.17 bits per heavy atom. The van der Waals surface area contributed by atoms with Gasteiger partial charge >= 0.3 is 12.3 Å². The monoisotopic (exact) mass is 580 g/mol. The molecule has 1 spiro atoms. The Morgan fingerprint density at radius 3 is 2.44 bits per heavy atom. The normalized spacial score (nSPS) is 20.4. The molecule has 4 rings (SSSR count). The summed E-state index contributed by atoms with van der Waals surface area (Å²) >= 11 is 0. The highest BCUT2D eigenvalue weighted by Gasteiger charge is 2.49. The summed E-state index contributed by atoms with van der Waals surface area (Å²) in [6.45, 7) is 5.59. The highest BCUT2D eigenvalue weighted by atomic mass is 19.4. The van der Waals surface area contributed by atoms with Gasteiger partial charge in [0, 0.05) is 44.3 Å². The number of alkyl halides is 3. The zero-order valence-corrected chi connectivity index (χ0v) is 23.9. The molecule has 0 bridgehead atoms. The van der Waals surface area contributed by atoms with Gasteiger partial charge in [0.2, 0.25) is 11.8 Å². The Bertz CT molecular complexity index is 1200. The smallest absolute Gasteiger partial charge is 0.417 e.